The number of ether oxygens (including phenoxy) is 2. The van der Waals surface area contributed by atoms with Crippen molar-refractivity contribution in [1.29, 1.82) is 0 Å². The van der Waals surface area contributed by atoms with Crippen LogP contribution in [0.15, 0.2) is 54.6 Å². The average molecular weight is 448 g/mol. The van der Waals surface area contributed by atoms with Gasteiger partial charge in [-0.05, 0) is 42.3 Å². The van der Waals surface area contributed by atoms with Gasteiger partial charge in [0.1, 0.15) is 22.9 Å². The fourth-order valence-corrected chi connectivity index (χ4v) is 2.72. The van der Waals surface area contributed by atoms with Gasteiger partial charge in [-0.1, -0.05) is 29.8 Å². The van der Waals surface area contributed by atoms with Crippen LogP contribution in [-0.4, -0.2) is 6.36 Å². The van der Waals surface area contributed by atoms with Gasteiger partial charge in [-0.15, -0.1) is 13.2 Å². The Kier molecular flexibility index (Phi) is 5.84. The van der Waals surface area contributed by atoms with Crippen molar-refractivity contribution >= 4 is 0 Å². The summed E-state index contributed by atoms with van der Waals surface area (Å²) in [5.74, 6) is -7.18. The van der Waals surface area contributed by atoms with Crippen molar-refractivity contribution in [2.24, 2.45) is 0 Å². The summed E-state index contributed by atoms with van der Waals surface area (Å²) in [5, 5.41) is 0. The second kappa shape index (κ2) is 8.09. The molecule has 0 spiro atoms. The van der Waals surface area contributed by atoms with Crippen LogP contribution in [0.4, 0.5) is 35.1 Å². The van der Waals surface area contributed by atoms with E-state index in [1.54, 1.807) is 31.2 Å². The lowest BCUT2D eigenvalue weighted by molar-refractivity contribution is -0.275. The maximum atomic E-state index is 14.4. The second-order valence-electron chi connectivity index (χ2n) is 6.44. The van der Waals surface area contributed by atoms with Crippen molar-refractivity contribution in [3.8, 4) is 22.6 Å². The molecule has 0 unspecified atom stereocenters. The Hall–Kier alpha value is -3.30. The number of alkyl halides is 5. The van der Waals surface area contributed by atoms with Gasteiger partial charge in [-0.2, -0.15) is 8.78 Å². The average Bonchev–Trinajstić information content (AvgIpc) is 2.62. The molecule has 2 nitrogen and oxygen atoms in total. The molecule has 0 amide bonds. The molecule has 0 aromatic heterocycles. The molecule has 3 rings (SSSR count). The van der Waals surface area contributed by atoms with Gasteiger partial charge in [0, 0.05) is 6.07 Å². The van der Waals surface area contributed by atoms with E-state index in [4.69, 9.17) is 0 Å². The fourth-order valence-electron chi connectivity index (χ4n) is 2.72. The smallest absolute Gasteiger partial charge is 0.429 e. The monoisotopic (exact) mass is 448 g/mol. The third-order valence-corrected chi connectivity index (χ3v) is 4.09. The van der Waals surface area contributed by atoms with E-state index in [2.05, 4.69) is 9.47 Å². The van der Waals surface area contributed by atoms with Crippen LogP contribution in [0, 0.1) is 24.4 Å². The van der Waals surface area contributed by atoms with Gasteiger partial charge in [0.15, 0.2) is 11.6 Å². The van der Waals surface area contributed by atoms with Gasteiger partial charge in [0.25, 0.3) is 0 Å². The van der Waals surface area contributed by atoms with Crippen molar-refractivity contribution in [2.75, 3.05) is 0 Å². The van der Waals surface area contributed by atoms with Crippen LogP contribution in [0.25, 0.3) is 11.1 Å². The molecule has 0 N–H and O–H groups in total. The van der Waals surface area contributed by atoms with Gasteiger partial charge in [-0.3, -0.25) is 0 Å². The molecule has 3 aromatic carbocycles. The zero-order chi connectivity index (χ0) is 23.0. The molecule has 10 heteroatoms. The predicted octanol–water partition coefficient (Wildman–Crippen LogP) is 7.11. The fraction of sp³-hybridized carbons (Fsp3) is 0.143. The van der Waals surface area contributed by atoms with Gasteiger partial charge in [-0.25, -0.2) is 13.2 Å². The zero-order valence-corrected chi connectivity index (χ0v) is 15.5. The summed E-state index contributed by atoms with van der Waals surface area (Å²) in [6.45, 7) is 1.79. The van der Waals surface area contributed by atoms with Crippen molar-refractivity contribution in [1.82, 2.24) is 0 Å². The van der Waals surface area contributed by atoms with Gasteiger partial charge in [0.2, 0.25) is 0 Å². The SMILES string of the molecule is Cc1ccc(-c2cc(F)c(C(F)(F)Oc3ccc(OC(F)(F)F)c(F)c3)c(F)c2)cc1. The van der Waals surface area contributed by atoms with E-state index in [1.807, 2.05) is 0 Å². The van der Waals surface area contributed by atoms with E-state index >= 15 is 0 Å². The molecule has 31 heavy (non-hydrogen) atoms. The Morgan fingerprint density at radius 1 is 0.645 bits per heavy atom. The second-order valence-corrected chi connectivity index (χ2v) is 6.44. The van der Waals surface area contributed by atoms with Crippen molar-refractivity contribution in [2.45, 2.75) is 19.4 Å². The molecule has 0 aliphatic heterocycles. The summed E-state index contributed by atoms with van der Waals surface area (Å²) < 4.78 is 115. The van der Waals surface area contributed by atoms with Gasteiger partial charge >= 0.3 is 12.5 Å². The number of rotatable bonds is 5. The van der Waals surface area contributed by atoms with E-state index in [-0.39, 0.29) is 11.6 Å². The highest BCUT2D eigenvalue weighted by Crippen LogP contribution is 2.38. The summed E-state index contributed by atoms with van der Waals surface area (Å²) >= 11 is 0. The maximum absolute atomic E-state index is 14.4. The first-order chi connectivity index (χ1) is 14.4. The van der Waals surface area contributed by atoms with Crippen LogP contribution in [0.1, 0.15) is 11.1 Å². The number of benzene rings is 3. The Balaban J connectivity index is 1.89. The lowest BCUT2D eigenvalue weighted by Crippen LogP contribution is -2.25. The normalized spacial score (nSPS) is 12.0. The lowest BCUT2D eigenvalue weighted by atomic mass is 10.0. The predicted molar refractivity (Wildman–Crippen MR) is 94.1 cm³/mol. The van der Waals surface area contributed by atoms with E-state index in [9.17, 15) is 35.1 Å². The van der Waals surface area contributed by atoms with Crippen LogP contribution in [-0.2, 0) is 6.11 Å². The van der Waals surface area contributed by atoms with Gasteiger partial charge in [0.05, 0.1) is 0 Å². The van der Waals surface area contributed by atoms with E-state index in [0.29, 0.717) is 29.8 Å². The largest absolute Gasteiger partial charge is 0.573 e. The number of halogens is 8. The molecule has 0 bridgehead atoms. The zero-order valence-electron chi connectivity index (χ0n) is 15.5. The highest BCUT2D eigenvalue weighted by molar-refractivity contribution is 5.64. The molecule has 0 radical (unpaired) electrons. The first-order valence-electron chi connectivity index (χ1n) is 8.54. The lowest BCUT2D eigenvalue weighted by Gasteiger charge is -2.20. The maximum Gasteiger partial charge on any atom is 0.573 e. The standard InChI is InChI=1S/C21H12F8O2/c1-11-2-4-12(5-3-11)13-8-16(23)19(17(24)9-13)20(25,26)30-14-6-7-18(15(22)10-14)31-21(27,28)29/h2-10H,1H3. The summed E-state index contributed by atoms with van der Waals surface area (Å²) in [6, 6.07) is 8.88. The third kappa shape index (κ3) is 5.25. The van der Waals surface area contributed by atoms with Gasteiger partial charge < -0.3 is 9.47 Å². The Morgan fingerprint density at radius 3 is 1.74 bits per heavy atom. The molecular weight excluding hydrogens is 436 g/mol. The van der Waals surface area contributed by atoms with Crippen LogP contribution in [0.3, 0.4) is 0 Å². The van der Waals surface area contributed by atoms with Crippen molar-refractivity contribution < 1.29 is 44.6 Å². The van der Waals surface area contributed by atoms with E-state index in [0.717, 1.165) is 5.56 Å². The summed E-state index contributed by atoms with van der Waals surface area (Å²) in [7, 11) is 0. The molecule has 0 fully saturated rings. The minimum atomic E-state index is -5.21. The first-order valence-corrected chi connectivity index (χ1v) is 8.54. The van der Waals surface area contributed by atoms with Crippen LogP contribution >= 0.6 is 0 Å². The molecule has 3 aromatic rings. The molecular formula is C21H12F8O2. The summed E-state index contributed by atoms with van der Waals surface area (Å²) in [4.78, 5) is 0. The van der Waals surface area contributed by atoms with E-state index in [1.165, 1.54) is 0 Å². The molecule has 0 aliphatic rings. The van der Waals surface area contributed by atoms with Crippen molar-refractivity contribution in [3.05, 3.63) is 83.2 Å². The number of aryl methyl sites for hydroxylation is 1. The minimum Gasteiger partial charge on any atom is -0.429 e. The molecule has 0 saturated heterocycles. The summed E-state index contributed by atoms with van der Waals surface area (Å²) in [6.07, 6.45) is -9.81. The Morgan fingerprint density at radius 2 is 1.23 bits per heavy atom. The quantitative estimate of drug-likeness (QED) is 0.388. The van der Waals surface area contributed by atoms with Crippen LogP contribution in [0.5, 0.6) is 11.5 Å². The molecule has 0 aliphatic carbocycles. The number of hydrogen-bond acceptors (Lipinski definition) is 2. The minimum absolute atomic E-state index is 0.00533. The first kappa shape index (κ1) is 22.4. The Labute approximate surface area is 170 Å². The number of hydrogen-bond donors (Lipinski definition) is 0. The van der Waals surface area contributed by atoms with Crippen LogP contribution < -0.4 is 9.47 Å². The third-order valence-electron chi connectivity index (χ3n) is 4.09. The van der Waals surface area contributed by atoms with Crippen LogP contribution in [0.2, 0.25) is 0 Å². The molecule has 164 valence electrons. The highest BCUT2D eigenvalue weighted by atomic mass is 19.4. The summed E-state index contributed by atoms with van der Waals surface area (Å²) in [5.41, 5.74) is -0.490. The highest BCUT2D eigenvalue weighted by Gasteiger charge is 2.41. The topological polar surface area (TPSA) is 18.5 Å². The molecule has 0 saturated carbocycles. The van der Waals surface area contributed by atoms with E-state index < -0.39 is 47.0 Å². The molecule has 0 atom stereocenters. The molecule has 0 heterocycles. The van der Waals surface area contributed by atoms with Crippen molar-refractivity contribution in [3.63, 3.8) is 0 Å². The Bertz CT molecular complexity index is 1070.